The number of nitrogens with zero attached hydrogens (tertiary/aromatic N) is 1. The average Bonchev–Trinajstić information content (AvgIpc) is 2.53. The maximum atomic E-state index is 12.8. The fourth-order valence-corrected chi connectivity index (χ4v) is 3.62. The summed E-state index contributed by atoms with van der Waals surface area (Å²) in [5.41, 5.74) is -0.488. The molecule has 140 valence electrons. The summed E-state index contributed by atoms with van der Waals surface area (Å²) in [6.07, 6.45) is -4.70. The van der Waals surface area contributed by atoms with Crippen LogP contribution in [0.25, 0.3) is 0 Å². The van der Waals surface area contributed by atoms with Gasteiger partial charge in [-0.3, -0.25) is 9.52 Å². The number of carbonyl (C=O) groups excluding carboxylic acids is 1. The molecule has 2 aromatic rings. The second kappa shape index (κ2) is 7.16. The maximum absolute atomic E-state index is 12.8. The Labute approximate surface area is 153 Å². The molecule has 0 radical (unpaired) electrons. The molecule has 2 rings (SSSR count). The molecule has 0 heterocycles. The highest BCUT2D eigenvalue weighted by Crippen LogP contribution is 2.34. The van der Waals surface area contributed by atoms with Gasteiger partial charge >= 0.3 is 6.18 Å². The number of hydrogen-bond acceptors (Lipinski definition) is 3. The Morgan fingerprint density at radius 1 is 1.12 bits per heavy atom. The molecule has 1 N–H and O–H groups in total. The van der Waals surface area contributed by atoms with Gasteiger partial charge in [0, 0.05) is 25.3 Å². The van der Waals surface area contributed by atoms with Crippen LogP contribution in [-0.4, -0.2) is 21.4 Å². The van der Waals surface area contributed by atoms with Gasteiger partial charge in [-0.1, -0.05) is 11.6 Å². The van der Waals surface area contributed by atoms with Crippen molar-refractivity contribution in [2.45, 2.75) is 18.0 Å². The van der Waals surface area contributed by atoms with E-state index in [2.05, 4.69) is 4.72 Å². The Morgan fingerprint density at radius 2 is 1.69 bits per heavy atom. The average molecular weight is 407 g/mol. The second-order valence-electron chi connectivity index (χ2n) is 5.37. The summed E-state index contributed by atoms with van der Waals surface area (Å²) in [4.78, 5) is 12.0. The Morgan fingerprint density at radius 3 is 2.19 bits per heavy atom. The number of rotatable bonds is 4. The summed E-state index contributed by atoms with van der Waals surface area (Å²) < 4.78 is 65.4. The number of carbonyl (C=O) groups is 1. The van der Waals surface area contributed by atoms with E-state index in [1.807, 2.05) is 0 Å². The first-order valence-corrected chi connectivity index (χ1v) is 9.02. The minimum atomic E-state index is -4.70. The predicted molar refractivity (Wildman–Crippen MR) is 92.8 cm³/mol. The van der Waals surface area contributed by atoms with Crippen molar-refractivity contribution >= 4 is 38.9 Å². The fourth-order valence-electron chi connectivity index (χ4n) is 2.03. The highest BCUT2D eigenvalue weighted by molar-refractivity contribution is 7.92. The van der Waals surface area contributed by atoms with Crippen LogP contribution in [-0.2, 0) is 21.0 Å². The van der Waals surface area contributed by atoms with Crippen molar-refractivity contribution in [3.05, 3.63) is 53.1 Å². The van der Waals surface area contributed by atoms with Gasteiger partial charge in [-0.25, -0.2) is 8.42 Å². The molecular weight excluding hydrogens is 393 g/mol. The van der Waals surface area contributed by atoms with E-state index < -0.39 is 26.7 Å². The van der Waals surface area contributed by atoms with Crippen molar-refractivity contribution in [3.8, 4) is 0 Å². The third kappa shape index (κ3) is 4.47. The van der Waals surface area contributed by atoms with Gasteiger partial charge < -0.3 is 4.90 Å². The third-order valence-electron chi connectivity index (χ3n) is 3.53. The molecular formula is C16H14ClF3N2O3S. The number of halogens is 4. The molecule has 0 unspecified atom stereocenters. The Balaban J connectivity index is 2.33. The Bertz CT molecular complexity index is 929. The van der Waals surface area contributed by atoms with Crippen LogP contribution in [0, 0.1) is 0 Å². The van der Waals surface area contributed by atoms with Gasteiger partial charge in [-0.15, -0.1) is 0 Å². The lowest BCUT2D eigenvalue weighted by atomic mass is 10.2. The molecule has 0 saturated heterocycles. The molecule has 2 aromatic carbocycles. The molecule has 0 atom stereocenters. The zero-order chi connectivity index (χ0) is 19.7. The highest BCUT2D eigenvalue weighted by Gasteiger charge is 2.32. The molecule has 0 bridgehead atoms. The molecule has 0 aliphatic rings. The molecule has 10 heteroatoms. The van der Waals surface area contributed by atoms with Gasteiger partial charge in [0.05, 0.1) is 10.6 Å². The van der Waals surface area contributed by atoms with E-state index in [4.69, 9.17) is 11.6 Å². The highest BCUT2D eigenvalue weighted by atomic mass is 35.5. The van der Waals surface area contributed by atoms with Crippen LogP contribution in [0.3, 0.4) is 0 Å². The van der Waals surface area contributed by atoms with Gasteiger partial charge in [0.15, 0.2) is 0 Å². The lowest BCUT2D eigenvalue weighted by Gasteiger charge is -2.16. The number of anilines is 2. The molecule has 0 fully saturated rings. The zero-order valence-corrected chi connectivity index (χ0v) is 15.2. The van der Waals surface area contributed by atoms with Crippen molar-refractivity contribution in [1.82, 2.24) is 0 Å². The van der Waals surface area contributed by atoms with Crippen LogP contribution in [0.1, 0.15) is 12.5 Å². The van der Waals surface area contributed by atoms with Crippen LogP contribution in [0.4, 0.5) is 24.5 Å². The molecule has 5 nitrogen and oxygen atoms in total. The summed E-state index contributed by atoms with van der Waals surface area (Å²) in [7, 11) is -2.79. The smallest absolute Gasteiger partial charge is 0.316 e. The lowest BCUT2D eigenvalue weighted by Crippen LogP contribution is -2.22. The number of amides is 1. The maximum Gasteiger partial charge on any atom is 0.416 e. The minimum Gasteiger partial charge on any atom is -0.316 e. The Hall–Kier alpha value is -2.26. The molecule has 0 saturated carbocycles. The fraction of sp³-hybridized carbons (Fsp3) is 0.188. The number of alkyl halides is 3. The van der Waals surface area contributed by atoms with Crippen molar-refractivity contribution in [2.24, 2.45) is 0 Å². The summed E-state index contributed by atoms with van der Waals surface area (Å²) in [5.74, 6) is -0.214. The van der Waals surface area contributed by atoms with E-state index in [0.29, 0.717) is 17.8 Å². The summed E-state index contributed by atoms with van der Waals surface area (Å²) in [6.45, 7) is 1.37. The first kappa shape index (κ1) is 20.1. The zero-order valence-electron chi connectivity index (χ0n) is 13.6. The van der Waals surface area contributed by atoms with Gasteiger partial charge in [-0.2, -0.15) is 13.2 Å². The molecule has 1 amide bonds. The van der Waals surface area contributed by atoms with E-state index in [0.717, 1.165) is 6.07 Å². The molecule has 0 spiro atoms. The topological polar surface area (TPSA) is 66.5 Å². The number of benzene rings is 2. The van der Waals surface area contributed by atoms with Crippen LogP contribution in [0.15, 0.2) is 47.4 Å². The van der Waals surface area contributed by atoms with Crippen molar-refractivity contribution in [3.63, 3.8) is 0 Å². The van der Waals surface area contributed by atoms with E-state index in [1.165, 1.54) is 36.1 Å². The lowest BCUT2D eigenvalue weighted by molar-refractivity contribution is -0.137. The third-order valence-corrected chi connectivity index (χ3v) is 5.39. The van der Waals surface area contributed by atoms with Crippen LogP contribution < -0.4 is 9.62 Å². The summed E-state index contributed by atoms with van der Waals surface area (Å²) in [5, 5.41) is -0.335. The van der Waals surface area contributed by atoms with Crippen LogP contribution in [0.5, 0.6) is 0 Å². The predicted octanol–water partition coefficient (Wildman–Crippen LogP) is 4.14. The van der Waals surface area contributed by atoms with Gasteiger partial charge in [-0.05, 0) is 42.5 Å². The van der Waals surface area contributed by atoms with E-state index in [-0.39, 0.29) is 16.6 Å². The van der Waals surface area contributed by atoms with Gasteiger partial charge in [0.25, 0.3) is 10.0 Å². The van der Waals surface area contributed by atoms with Crippen LogP contribution in [0.2, 0.25) is 5.02 Å². The van der Waals surface area contributed by atoms with Crippen LogP contribution >= 0.6 is 11.6 Å². The van der Waals surface area contributed by atoms with Crippen molar-refractivity contribution < 1.29 is 26.4 Å². The first-order valence-electron chi connectivity index (χ1n) is 7.16. The Kier molecular flexibility index (Phi) is 5.52. The quantitative estimate of drug-likeness (QED) is 0.829. The monoisotopic (exact) mass is 406 g/mol. The van der Waals surface area contributed by atoms with Crippen molar-refractivity contribution in [1.29, 1.82) is 0 Å². The minimum absolute atomic E-state index is 0.110. The second-order valence-corrected chi connectivity index (χ2v) is 7.43. The number of hydrogen-bond donors (Lipinski definition) is 1. The van der Waals surface area contributed by atoms with E-state index >= 15 is 0 Å². The molecule has 0 aliphatic carbocycles. The molecule has 26 heavy (non-hydrogen) atoms. The summed E-state index contributed by atoms with van der Waals surface area (Å²) >= 11 is 5.77. The van der Waals surface area contributed by atoms with E-state index in [1.54, 1.807) is 7.05 Å². The van der Waals surface area contributed by atoms with E-state index in [9.17, 15) is 26.4 Å². The van der Waals surface area contributed by atoms with Crippen molar-refractivity contribution in [2.75, 3.05) is 16.7 Å². The summed E-state index contributed by atoms with van der Waals surface area (Å²) in [6, 6.07) is 7.81. The number of nitrogens with one attached hydrogen (secondary N) is 1. The normalized spacial score (nSPS) is 11.9. The SMILES string of the molecule is CC(=O)N(C)c1ccc(NS(=O)(=O)c2cc(C(F)(F)F)ccc2Cl)cc1. The number of sulfonamides is 1. The molecule has 0 aliphatic heterocycles. The molecule has 0 aromatic heterocycles. The standard InChI is InChI=1S/C16H14ClF3N2O3S/c1-10(23)22(2)13-6-4-12(5-7-13)21-26(24,25)15-9-11(16(18,19)20)3-8-14(15)17/h3-9,21H,1-2H3. The van der Waals surface area contributed by atoms with Gasteiger partial charge in [0.1, 0.15) is 4.90 Å². The largest absolute Gasteiger partial charge is 0.416 e. The first-order chi connectivity index (χ1) is 11.9. The van der Waals surface area contributed by atoms with Gasteiger partial charge in [0.2, 0.25) is 5.91 Å².